The quantitative estimate of drug-likeness (QED) is 0.629. The molecule has 1 rings (SSSR count). The van der Waals surface area contributed by atoms with Gasteiger partial charge < -0.3 is 15.5 Å². The van der Waals surface area contributed by atoms with Gasteiger partial charge in [-0.2, -0.15) is 11.8 Å². The Morgan fingerprint density at radius 2 is 2.21 bits per heavy atom. The van der Waals surface area contributed by atoms with Gasteiger partial charge in [0.1, 0.15) is 0 Å². The molecule has 1 saturated carbocycles. The van der Waals surface area contributed by atoms with Crippen molar-refractivity contribution in [1.82, 2.24) is 5.32 Å². The Hall–Kier alpha value is 0.230. The first-order valence-corrected chi connectivity index (χ1v) is 6.31. The Bertz CT molecular complexity index is 168. The van der Waals surface area contributed by atoms with Crippen LogP contribution in [0.2, 0.25) is 0 Å². The molecule has 3 nitrogen and oxygen atoms in total. The summed E-state index contributed by atoms with van der Waals surface area (Å²) in [6.45, 7) is 2.14. The molecule has 1 aliphatic rings. The van der Waals surface area contributed by atoms with Gasteiger partial charge in [0, 0.05) is 17.0 Å². The third kappa shape index (κ3) is 3.12. The zero-order valence-corrected chi connectivity index (χ0v) is 9.76. The Labute approximate surface area is 90.3 Å². The number of rotatable bonds is 5. The lowest BCUT2D eigenvalue weighted by molar-refractivity contribution is 0.113. The van der Waals surface area contributed by atoms with Crippen LogP contribution in [0.4, 0.5) is 0 Å². The van der Waals surface area contributed by atoms with Crippen molar-refractivity contribution in [3.8, 4) is 0 Å². The highest BCUT2D eigenvalue weighted by atomic mass is 32.2. The number of hydrogen-bond donors (Lipinski definition) is 3. The first kappa shape index (κ1) is 12.3. The van der Waals surface area contributed by atoms with E-state index in [1.807, 2.05) is 7.05 Å². The predicted molar refractivity (Wildman–Crippen MR) is 60.6 cm³/mol. The third-order valence-corrected chi connectivity index (χ3v) is 4.74. The van der Waals surface area contributed by atoms with Gasteiger partial charge in [-0.1, -0.05) is 6.92 Å². The van der Waals surface area contributed by atoms with E-state index in [1.165, 1.54) is 12.8 Å². The van der Waals surface area contributed by atoms with Gasteiger partial charge in [-0.15, -0.1) is 0 Å². The van der Waals surface area contributed by atoms with E-state index in [4.69, 9.17) is 5.11 Å². The van der Waals surface area contributed by atoms with Crippen molar-refractivity contribution in [3.63, 3.8) is 0 Å². The zero-order valence-electron chi connectivity index (χ0n) is 8.94. The molecule has 0 spiro atoms. The standard InChI is InChI=1S/C10H21NO2S/c1-7-9(11-2)3-4-10(7)14-6-8(13)5-12/h7-13H,3-6H2,1-2H3. The molecule has 0 aromatic carbocycles. The van der Waals surface area contributed by atoms with Crippen LogP contribution in [0.5, 0.6) is 0 Å². The minimum absolute atomic E-state index is 0.121. The summed E-state index contributed by atoms with van der Waals surface area (Å²) < 4.78 is 0. The summed E-state index contributed by atoms with van der Waals surface area (Å²) in [6, 6.07) is 0.624. The Morgan fingerprint density at radius 1 is 1.50 bits per heavy atom. The topological polar surface area (TPSA) is 52.5 Å². The van der Waals surface area contributed by atoms with E-state index in [-0.39, 0.29) is 6.61 Å². The SMILES string of the molecule is CNC1CCC(SCC(O)CO)C1C. The molecule has 0 aromatic heterocycles. The zero-order chi connectivity index (χ0) is 10.6. The molecular formula is C10H21NO2S. The van der Waals surface area contributed by atoms with Crippen molar-refractivity contribution in [2.75, 3.05) is 19.4 Å². The predicted octanol–water partition coefficient (Wildman–Crippen LogP) is 0.459. The molecule has 0 saturated heterocycles. The highest BCUT2D eigenvalue weighted by Crippen LogP contribution is 2.35. The number of hydrogen-bond acceptors (Lipinski definition) is 4. The van der Waals surface area contributed by atoms with Crippen molar-refractivity contribution in [3.05, 3.63) is 0 Å². The summed E-state index contributed by atoms with van der Waals surface area (Å²) in [5, 5.41) is 21.9. The van der Waals surface area contributed by atoms with Gasteiger partial charge in [-0.05, 0) is 25.8 Å². The summed E-state index contributed by atoms with van der Waals surface area (Å²) in [5.41, 5.74) is 0. The lowest BCUT2D eigenvalue weighted by Gasteiger charge is -2.20. The van der Waals surface area contributed by atoms with Gasteiger partial charge in [-0.3, -0.25) is 0 Å². The second-order valence-electron chi connectivity index (χ2n) is 4.04. The van der Waals surface area contributed by atoms with Crippen LogP contribution in [0.25, 0.3) is 0 Å². The molecule has 0 aliphatic heterocycles. The largest absolute Gasteiger partial charge is 0.394 e. The van der Waals surface area contributed by atoms with Crippen LogP contribution in [-0.4, -0.2) is 47.0 Å². The van der Waals surface area contributed by atoms with Gasteiger partial charge in [0.2, 0.25) is 0 Å². The molecule has 0 bridgehead atoms. The van der Waals surface area contributed by atoms with Gasteiger partial charge >= 0.3 is 0 Å². The molecule has 14 heavy (non-hydrogen) atoms. The van der Waals surface area contributed by atoms with E-state index in [0.29, 0.717) is 23.0 Å². The molecule has 1 aliphatic carbocycles. The summed E-state index contributed by atoms with van der Waals surface area (Å²) in [7, 11) is 2.01. The molecular weight excluding hydrogens is 198 g/mol. The van der Waals surface area contributed by atoms with Crippen molar-refractivity contribution in [2.45, 2.75) is 37.2 Å². The van der Waals surface area contributed by atoms with E-state index < -0.39 is 6.10 Å². The van der Waals surface area contributed by atoms with Gasteiger partial charge in [0.25, 0.3) is 0 Å². The Morgan fingerprint density at radius 3 is 2.71 bits per heavy atom. The molecule has 84 valence electrons. The fourth-order valence-corrected chi connectivity index (χ4v) is 3.43. The van der Waals surface area contributed by atoms with Crippen LogP contribution < -0.4 is 5.32 Å². The fraction of sp³-hybridized carbons (Fsp3) is 1.00. The Balaban J connectivity index is 2.26. The van der Waals surface area contributed by atoms with E-state index in [0.717, 1.165) is 0 Å². The van der Waals surface area contributed by atoms with Crippen molar-refractivity contribution in [2.24, 2.45) is 5.92 Å². The average molecular weight is 219 g/mol. The molecule has 0 heterocycles. The first-order valence-electron chi connectivity index (χ1n) is 5.26. The summed E-state index contributed by atoms with van der Waals surface area (Å²) in [4.78, 5) is 0. The molecule has 4 heteroatoms. The molecule has 0 radical (unpaired) electrons. The fourth-order valence-electron chi connectivity index (χ4n) is 2.06. The second kappa shape index (κ2) is 5.95. The summed E-state index contributed by atoms with van der Waals surface area (Å²) in [6.07, 6.45) is 1.89. The lowest BCUT2D eigenvalue weighted by atomic mass is 10.1. The van der Waals surface area contributed by atoms with Gasteiger partial charge in [0.05, 0.1) is 12.7 Å². The number of aliphatic hydroxyl groups is 2. The van der Waals surface area contributed by atoms with E-state index in [2.05, 4.69) is 12.2 Å². The van der Waals surface area contributed by atoms with Crippen LogP contribution >= 0.6 is 11.8 Å². The van der Waals surface area contributed by atoms with Crippen LogP contribution in [0, 0.1) is 5.92 Å². The monoisotopic (exact) mass is 219 g/mol. The van der Waals surface area contributed by atoms with Crippen molar-refractivity contribution < 1.29 is 10.2 Å². The summed E-state index contributed by atoms with van der Waals surface area (Å²) in [5.74, 6) is 1.32. The summed E-state index contributed by atoms with van der Waals surface area (Å²) >= 11 is 1.79. The highest BCUT2D eigenvalue weighted by Gasteiger charge is 2.32. The minimum atomic E-state index is -0.555. The van der Waals surface area contributed by atoms with E-state index >= 15 is 0 Å². The van der Waals surface area contributed by atoms with Gasteiger partial charge in [-0.25, -0.2) is 0 Å². The molecule has 3 N–H and O–H groups in total. The number of nitrogens with one attached hydrogen (secondary N) is 1. The molecule has 4 atom stereocenters. The van der Waals surface area contributed by atoms with Crippen LogP contribution in [0.3, 0.4) is 0 Å². The van der Waals surface area contributed by atoms with Crippen LogP contribution in [0.1, 0.15) is 19.8 Å². The molecule has 0 amide bonds. The molecule has 4 unspecified atom stereocenters. The van der Waals surface area contributed by atoms with Crippen LogP contribution in [-0.2, 0) is 0 Å². The number of thioether (sulfide) groups is 1. The third-order valence-electron chi connectivity index (χ3n) is 3.07. The molecule has 0 aromatic rings. The highest BCUT2D eigenvalue weighted by molar-refractivity contribution is 7.99. The molecule has 1 fully saturated rings. The van der Waals surface area contributed by atoms with E-state index in [9.17, 15) is 5.11 Å². The second-order valence-corrected chi connectivity index (χ2v) is 5.31. The smallest absolute Gasteiger partial charge is 0.0861 e. The lowest BCUT2D eigenvalue weighted by Crippen LogP contribution is -2.30. The number of aliphatic hydroxyl groups excluding tert-OH is 2. The Kier molecular flexibility index (Phi) is 5.23. The van der Waals surface area contributed by atoms with Crippen LogP contribution in [0.15, 0.2) is 0 Å². The maximum absolute atomic E-state index is 9.24. The van der Waals surface area contributed by atoms with E-state index in [1.54, 1.807) is 11.8 Å². The maximum Gasteiger partial charge on any atom is 0.0861 e. The van der Waals surface area contributed by atoms with Crippen molar-refractivity contribution >= 4 is 11.8 Å². The van der Waals surface area contributed by atoms with Gasteiger partial charge in [0.15, 0.2) is 0 Å². The first-order chi connectivity index (χ1) is 6.69. The normalized spacial score (nSPS) is 34.7. The maximum atomic E-state index is 9.24. The minimum Gasteiger partial charge on any atom is -0.394 e. The van der Waals surface area contributed by atoms with Crippen molar-refractivity contribution in [1.29, 1.82) is 0 Å². The average Bonchev–Trinajstić information content (AvgIpc) is 2.56.